The van der Waals surface area contributed by atoms with Crippen molar-refractivity contribution in [1.82, 2.24) is 0 Å². The van der Waals surface area contributed by atoms with E-state index in [0.29, 0.717) is 29.2 Å². The van der Waals surface area contributed by atoms with Gasteiger partial charge in [-0.25, -0.2) is 4.39 Å². The van der Waals surface area contributed by atoms with E-state index in [-0.39, 0.29) is 17.6 Å². The Morgan fingerprint density at radius 1 is 1.04 bits per heavy atom. The minimum atomic E-state index is -1.07. The van der Waals surface area contributed by atoms with E-state index < -0.39 is 5.41 Å². The van der Waals surface area contributed by atoms with E-state index in [0.717, 1.165) is 5.56 Å². The molecule has 1 aliphatic carbocycles. The predicted molar refractivity (Wildman–Crippen MR) is 91.5 cm³/mol. The lowest BCUT2D eigenvalue weighted by molar-refractivity contribution is -0.131. The molecule has 2 amide bonds. The molecule has 0 heterocycles. The van der Waals surface area contributed by atoms with Crippen molar-refractivity contribution in [2.45, 2.75) is 19.8 Å². The molecule has 0 spiro atoms. The van der Waals surface area contributed by atoms with Gasteiger partial charge in [-0.15, -0.1) is 0 Å². The number of hydrogen-bond acceptors (Lipinski definition) is 2. The van der Waals surface area contributed by atoms with Crippen LogP contribution < -0.4 is 10.6 Å². The van der Waals surface area contributed by atoms with E-state index in [1.165, 1.54) is 24.3 Å². The second kappa shape index (κ2) is 6.24. The quantitative estimate of drug-likeness (QED) is 0.817. The molecule has 0 bridgehead atoms. The maximum absolute atomic E-state index is 12.9. The largest absolute Gasteiger partial charge is 0.325 e. The Morgan fingerprint density at radius 2 is 1.67 bits per heavy atom. The number of rotatable bonds is 4. The van der Waals surface area contributed by atoms with Gasteiger partial charge in [-0.1, -0.05) is 11.6 Å². The first-order valence-electron chi connectivity index (χ1n) is 7.55. The second-order valence-electron chi connectivity index (χ2n) is 5.96. The van der Waals surface area contributed by atoms with Crippen molar-refractivity contribution < 1.29 is 14.0 Å². The molecule has 0 radical (unpaired) electrons. The first kappa shape index (κ1) is 16.5. The van der Waals surface area contributed by atoms with Gasteiger partial charge in [0.25, 0.3) is 0 Å². The van der Waals surface area contributed by atoms with Gasteiger partial charge >= 0.3 is 0 Å². The summed E-state index contributed by atoms with van der Waals surface area (Å²) in [6, 6.07) is 10.6. The highest BCUT2D eigenvalue weighted by Crippen LogP contribution is 2.47. The van der Waals surface area contributed by atoms with Crippen molar-refractivity contribution in [3.8, 4) is 0 Å². The zero-order chi connectivity index (χ0) is 17.3. The molecule has 2 N–H and O–H groups in total. The number of hydrogen-bond donors (Lipinski definition) is 2. The van der Waals surface area contributed by atoms with Gasteiger partial charge in [-0.2, -0.15) is 0 Å². The van der Waals surface area contributed by atoms with Crippen molar-refractivity contribution in [2.24, 2.45) is 5.41 Å². The molecule has 0 saturated heterocycles. The van der Waals surface area contributed by atoms with E-state index in [2.05, 4.69) is 10.6 Å². The molecule has 2 aromatic carbocycles. The summed E-state index contributed by atoms with van der Waals surface area (Å²) in [5, 5.41) is 6.06. The lowest BCUT2D eigenvalue weighted by Gasteiger charge is -2.16. The van der Waals surface area contributed by atoms with Crippen molar-refractivity contribution in [3.05, 3.63) is 58.9 Å². The first-order valence-corrected chi connectivity index (χ1v) is 7.93. The first-order chi connectivity index (χ1) is 11.4. The van der Waals surface area contributed by atoms with E-state index in [9.17, 15) is 14.0 Å². The minimum Gasteiger partial charge on any atom is -0.325 e. The van der Waals surface area contributed by atoms with Crippen LogP contribution in [0, 0.1) is 18.2 Å². The van der Waals surface area contributed by atoms with Crippen LogP contribution in [0.25, 0.3) is 0 Å². The highest BCUT2D eigenvalue weighted by Gasteiger charge is 2.56. The molecule has 2 aromatic rings. The Bertz CT molecular complexity index is 801. The summed E-state index contributed by atoms with van der Waals surface area (Å²) in [5.74, 6) is -1.10. The highest BCUT2D eigenvalue weighted by atomic mass is 35.5. The van der Waals surface area contributed by atoms with E-state index >= 15 is 0 Å². The van der Waals surface area contributed by atoms with Gasteiger partial charge < -0.3 is 10.6 Å². The Kier molecular flexibility index (Phi) is 4.28. The topological polar surface area (TPSA) is 58.2 Å². The smallest absolute Gasteiger partial charge is 0.240 e. The summed E-state index contributed by atoms with van der Waals surface area (Å²) in [5.41, 5.74) is 0.847. The molecule has 124 valence electrons. The van der Waals surface area contributed by atoms with Crippen LogP contribution in [0.15, 0.2) is 42.5 Å². The fourth-order valence-electron chi connectivity index (χ4n) is 2.48. The summed E-state index contributed by atoms with van der Waals surface area (Å²) >= 11 is 5.90. The Morgan fingerprint density at radius 3 is 2.25 bits per heavy atom. The lowest BCUT2D eigenvalue weighted by atomic mass is 10.0. The Hall–Kier alpha value is -2.40. The number of aryl methyl sites for hydroxylation is 1. The van der Waals surface area contributed by atoms with Crippen LogP contribution in [0.5, 0.6) is 0 Å². The third-order valence-corrected chi connectivity index (χ3v) is 4.39. The molecule has 0 aromatic heterocycles. The highest BCUT2D eigenvalue weighted by molar-refractivity contribution is 6.30. The summed E-state index contributed by atoms with van der Waals surface area (Å²) in [6.45, 7) is 1.83. The number of benzene rings is 2. The van der Waals surface area contributed by atoms with Gasteiger partial charge in [-0.05, 0) is 67.8 Å². The number of nitrogens with one attached hydrogen (secondary N) is 2. The van der Waals surface area contributed by atoms with Crippen molar-refractivity contribution >= 4 is 34.8 Å². The summed E-state index contributed by atoms with van der Waals surface area (Å²) in [4.78, 5) is 25.0. The Balaban J connectivity index is 1.71. The van der Waals surface area contributed by atoms with Gasteiger partial charge in [0.2, 0.25) is 11.8 Å². The van der Waals surface area contributed by atoms with Gasteiger partial charge in [0.05, 0.1) is 0 Å². The normalized spacial score (nSPS) is 14.8. The molecular formula is C18H16ClFN2O2. The van der Waals surface area contributed by atoms with Crippen LogP contribution in [-0.2, 0) is 9.59 Å². The van der Waals surface area contributed by atoms with Crippen LogP contribution in [-0.4, -0.2) is 11.8 Å². The fraction of sp³-hybridized carbons (Fsp3) is 0.222. The van der Waals surface area contributed by atoms with Gasteiger partial charge in [-0.3, -0.25) is 9.59 Å². The number of halogens is 2. The third kappa shape index (κ3) is 3.26. The minimum absolute atomic E-state index is 0.340. The summed E-state index contributed by atoms with van der Waals surface area (Å²) in [7, 11) is 0. The average molecular weight is 347 g/mol. The zero-order valence-corrected chi connectivity index (χ0v) is 13.8. The molecule has 1 fully saturated rings. The van der Waals surface area contributed by atoms with Crippen LogP contribution in [0.1, 0.15) is 18.4 Å². The van der Waals surface area contributed by atoms with Crippen LogP contribution in [0.2, 0.25) is 5.02 Å². The molecule has 1 aliphatic rings. The summed E-state index contributed by atoms with van der Waals surface area (Å²) in [6.07, 6.45) is 0.969. The lowest BCUT2D eigenvalue weighted by Crippen LogP contribution is -2.35. The zero-order valence-electron chi connectivity index (χ0n) is 13.0. The Labute approximate surface area is 144 Å². The molecule has 3 rings (SSSR count). The second-order valence-corrected chi connectivity index (χ2v) is 6.39. The van der Waals surface area contributed by atoms with Crippen molar-refractivity contribution in [2.75, 3.05) is 10.6 Å². The number of carbonyl (C=O) groups excluding carboxylic acids is 2. The average Bonchev–Trinajstić information content (AvgIpc) is 3.34. The summed E-state index contributed by atoms with van der Waals surface area (Å²) < 4.78 is 12.9. The molecule has 24 heavy (non-hydrogen) atoms. The molecule has 0 aliphatic heterocycles. The van der Waals surface area contributed by atoms with Crippen LogP contribution >= 0.6 is 11.6 Å². The molecular weight excluding hydrogens is 331 g/mol. The SMILES string of the molecule is Cc1cc(Cl)ccc1NC(=O)C1(C(=O)Nc2ccc(F)cc2)CC1. The molecule has 6 heteroatoms. The number of amides is 2. The standard InChI is InChI=1S/C18H16ClFN2O2/c1-11-10-12(19)2-7-15(11)22-17(24)18(8-9-18)16(23)21-14-5-3-13(20)4-6-14/h2-7,10H,8-9H2,1H3,(H,21,23)(H,22,24). The maximum atomic E-state index is 12.9. The van der Waals surface area contributed by atoms with Crippen LogP contribution in [0.3, 0.4) is 0 Å². The van der Waals surface area contributed by atoms with E-state index in [4.69, 9.17) is 11.6 Å². The number of anilines is 2. The number of carbonyl (C=O) groups is 2. The van der Waals surface area contributed by atoms with E-state index in [1.54, 1.807) is 18.2 Å². The molecule has 4 nitrogen and oxygen atoms in total. The third-order valence-electron chi connectivity index (χ3n) is 4.16. The van der Waals surface area contributed by atoms with Gasteiger partial charge in [0.1, 0.15) is 11.2 Å². The van der Waals surface area contributed by atoms with Gasteiger partial charge in [0.15, 0.2) is 0 Å². The van der Waals surface area contributed by atoms with E-state index in [1.807, 2.05) is 6.92 Å². The monoisotopic (exact) mass is 346 g/mol. The maximum Gasteiger partial charge on any atom is 0.240 e. The molecule has 0 unspecified atom stereocenters. The molecule has 1 saturated carbocycles. The molecule has 0 atom stereocenters. The van der Waals surface area contributed by atoms with Gasteiger partial charge in [0, 0.05) is 16.4 Å². The van der Waals surface area contributed by atoms with Crippen molar-refractivity contribution in [3.63, 3.8) is 0 Å². The van der Waals surface area contributed by atoms with Crippen LogP contribution in [0.4, 0.5) is 15.8 Å². The predicted octanol–water partition coefficient (Wildman–Crippen LogP) is 4.14. The fourth-order valence-corrected chi connectivity index (χ4v) is 2.70. The van der Waals surface area contributed by atoms with Crippen molar-refractivity contribution in [1.29, 1.82) is 0 Å².